The third-order valence-corrected chi connectivity index (χ3v) is 3.72. The van der Waals surface area contributed by atoms with Gasteiger partial charge in [-0.2, -0.15) is 0 Å². The molecule has 1 fully saturated rings. The number of alkyl halides is 2. The number of amides is 1. The Hall–Kier alpha value is -1.46. The van der Waals surface area contributed by atoms with Crippen molar-refractivity contribution in [1.29, 1.82) is 0 Å². The monoisotopic (exact) mass is 272 g/mol. The molecule has 0 saturated heterocycles. The Balaban J connectivity index is 2.12. The molecule has 1 amide bonds. The van der Waals surface area contributed by atoms with Crippen LogP contribution in [-0.4, -0.2) is 23.5 Å². The van der Waals surface area contributed by atoms with E-state index in [4.69, 9.17) is 4.52 Å². The fourth-order valence-electron chi connectivity index (χ4n) is 2.13. The number of carbonyl (C=O) groups excluding carboxylic acids is 1. The van der Waals surface area contributed by atoms with Crippen molar-refractivity contribution in [2.75, 3.05) is 0 Å². The minimum absolute atomic E-state index is 0.0163. The minimum Gasteiger partial charge on any atom is -0.360 e. The highest BCUT2D eigenvalue weighted by Crippen LogP contribution is 2.50. The zero-order valence-electron chi connectivity index (χ0n) is 11.5. The molecule has 1 aliphatic carbocycles. The average molecular weight is 272 g/mol. The molecule has 1 heterocycles. The summed E-state index contributed by atoms with van der Waals surface area (Å²) in [7, 11) is 0. The van der Waals surface area contributed by atoms with Gasteiger partial charge in [-0.3, -0.25) is 4.79 Å². The molecule has 4 nitrogen and oxygen atoms in total. The second-order valence-corrected chi connectivity index (χ2v) is 5.70. The predicted octanol–water partition coefficient (Wildman–Crippen LogP) is 2.88. The molecule has 0 radical (unpaired) electrons. The molecule has 2 unspecified atom stereocenters. The van der Waals surface area contributed by atoms with Crippen molar-refractivity contribution < 1.29 is 18.1 Å². The first-order valence-electron chi connectivity index (χ1n) is 6.32. The summed E-state index contributed by atoms with van der Waals surface area (Å²) in [5.74, 6) is 0.133. The second-order valence-electron chi connectivity index (χ2n) is 5.70. The van der Waals surface area contributed by atoms with Gasteiger partial charge in [-0.05, 0) is 13.3 Å². The van der Waals surface area contributed by atoms with E-state index in [1.807, 2.05) is 13.8 Å². The lowest BCUT2D eigenvalue weighted by atomic mass is 10.0. The molecule has 1 aliphatic rings. The van der Waals surface area contributed by atoms with Crippen molar-refractivity contribution in [3.63, 3.8) is 0 Å². The van der Waals surface area contributed by atoms with E-state index in [-0.39, 0.29) is 11.8 Å². The van der Waals surface area contributed by atoms with E-state index in [0.29, 0.717) is 23.4 Å². The summed E-state index contributed by atoms with van der Waals surface area (Å²) in [6.07, 6.45) is -2.12. The molecule has 0 aromatic carbocycles. The van der Waals surface area contributed by atoms with Crippen molar-refractivity contribution >= 4 is 5.91 Å². The Bertz CT molecular complexity index is 499. The van der Waals surface area contributed by atoms with E-state index < -0.39 is 17.9 Å². The molecular formula is C13H18F2N2O2. The fourth-order valence-corrected chi connectivity index (χ4v) is 2.13. The third kappa shape index (κ3) is 2.35. The van der Waals surface area contributed by atoms with Gasteiger partial charge in [0.05, 0.1) is 11.1 Å². The van der Waals surface area contributed by atoms with Crippen LogP contribution in [0.4, 0.5) is 8.78 Å². The molecule has 106 valence electrons. The van der Waals surface area contributed by atoms with Crippen molar-refractivity contribution in [2.24, 2.45) is 5.41 Å². The Morgan fingerprint density at radius 1 is 1.53 bits per heavy atom. The van der Waals surface area contributed by atoms with E-state index in [0.717, 1.165) is 0 Å². The lowest BCUT2D eigenvalue weighted by Crippen LogP contribution is -2.32. The maximum Gasteiger partial charge on any atom is 0.257 e. The Morgan fingerprint density at radius 2 is 2.16 bits per heavy atom. The van der Waals surface area contributed by atoms with Crippen LogP contribution in [-0.2, 0) is 0 Å². The first-order chi connectivity index (χ1) is 8.77. The summed E-state index contributed by atoms with van der Waals surface area (Å²) in [4.78, 5) is 12.2. The maximum absolute atomic E-state index is 12.8. The van der Waals surface area contributed by atoms with Gasteiger partial charge >= 0.3 is 0 Å². The summed E-state index contributed by atoms with van der Waals surface area (Å²) in [6.45, 7) is 6.92. The van der Waals surface area contributed by atoms with Crippen LogP contribution in [0.5, 0.6) is 0 Å². The lowest BCUT2D eigenvalue weighted by molar-refractivity contribution is 0.0643. The summed E-state index contributed by atoms with van der Waals surface area (Å²) in [5.41, 5.74) is -0.238. The molecule has 2 rings (SSSR count). The molecular weight excluding hydrogens is 254 g/mol. The van der Waals surface area contributed by atoms with Gasteiger partial charge in [0.1, 0.15) is 5.56 Å². The average Bonchev–Trinajstić information content (AvgIpc) is 2.80. The van der Waals surface area contributed by atoms with Crippen LogP contribution in [0, 0.1) is 12.3 Å². The molecule has 1 N–H and O–H groups in total. The van der Waals surface area contributed by atoms with Gasteiger partial charge in [0.25, 0.3) is 5.91 Å². The molecule has 6 heteroatoms. The van der Waals surface area contributed by atoms with Crippen molar-refractivity contribution in [1.82, 2.24) is 10.5 Å². The highest BCUT2D eigenvalue weighted by atomic mass is 19.3. The topological polar surface area (TPSA) is 55.1 Å². The van der Waals surface area contributed by atoms with Crippen molar-refractivity contribution in [3.05, 3.63) is 17.0 Å². The number of halogens is 2. The minimum atomic E-state index is -2.43. The number of nitrogens with zero attached hydrogens (tertiary/aromatic N) is 1. The maximum atomic E-state index is 12.8. The van der Waals surface area contributed by atoms with Gasteiger partial charge in [-0.25, -0.2) is 8.78 Å². The van der Waals surface area contributed by atoms with Crippen LogP contribution >= 0.6 is 0 Å². The van der Waals surface area contributed by atoms with E-state index in [9.17, 15) is 13.6 Å². The van der Waals surface area contributed by atoms with E-state index in [1.54, 1.807) is 6.92 Å². The smallest absolute Gasteiger partial charge is 0.257 e. The number of aryl methyl sites for hydroxylation is 1. The van der Waals surface area contributed by atoms with E-state index in [2.05, 4.69) is 10.5 Å². The Morgan fingerprint density at radius 3 is 2.63 bits per heavy atom. The van der Waals surface area contributed by atoms with Gasteiger partial charge < -0.3 is 9.84 Å². The van der Waals surface area contributed by atoms with Gasteiger partial charge in [0.15, 0.2) is 5.76 Å². The predicted molar refractivity (Wildman–Crippen MR) is 65.3 cm³/mol. The van der Waals surface area contributed by atoms with Crippen LogP contribution in [0.3, 0.4) is 0 Å². The largest absolute Gasteiger partial charge is 0.360 e. The molecule has 1 aromatic heterocycles. The molecule has 0 spiro atoms. The van der Waals surface area contributed by atoms with Crippen molar-refractivity contribution in [2.45, 2.75) is 52.5 Å². The van der Waals surface area contributed by atoms with Crippen molar-refractivity contribution in [3.8, 4) is 0 Å². The number of aromatic nitrogens is 1. The quantitative estimate of drug-likeness (QED) is 0.917. The first kappa shape index (κ1) is 14.0. The second kappa shape index (κ2) is 4.58. The summed E-state index contributed by atoms with van der Waals surface area (Å²) >= 11 is 0. The number of hydrogen-bond donors (Lipinski definition) is 1. The van der Waals surface area contributed by atoms with Gasteiger partial charge in [0, 0.05) is 12.0 Å². The van der Waals surface area contributed by atoms with Crippen LogP contribution in [0.2, 0.25) is 0 Å². The molecule has 1 saturated carbocycles. The van der Waals surface area contributed by atoms with Crippen LogP contribution in [0.15, 0.2) is 4.52 Å². The number of nitrogens with one attached hydrogen (secondary N) is 1. The molecule has 19 heavy (non-hydrogen) atoms. The molecule has 0 bridgehead atoms. The number of hydrogen-bond acceptors (Lipinski definition) is 3. The normalized spacial score (nSPS) is 26.0. The van der Waals surface area contributed by atoms with Crippen LogP contribution in [0.25, 0.3) is 0 Å². The van der Waals surface area contributed by atoms with Gasteiger partial charge in [0.2, 0.25) is 6.43 Å². The lowest BCUT2D eigenvalue weighted by Gasteiger charge is -2.11. The van der Waals surface area contributed by atoms with E-state index in [1.165, 1.54) is 6.92 Å². The summed E-state index contributed by atoms with van der Waals surface area (Å²) in [6, 6.07) is -0.477. The standard InChI is InChI=1S/C13H18F2N2O2/c1-6(2)10-9(7(3)17-19-10)11(18)16-8-5-13(8,4)12(14)15/h6,8,12H,5H2,1-4H3,(H,16,18). The fraction of sp³-hybridized carbons (Fsp3) is 0.692. The van der Waals surface area contributed by atoms with Crippen LogP contribution < -0.4 is 5.32 Å². The third-order valence-electron chi connectivity index (χ3n) is 3.72. The Labute approximate surface area is 110 Å². The highest BCUT2D eigenvalue weighted by Gasteiger charge is 2.58. The Kier molecular flexibility index (Phi) is 3.36. The van der Waals surface area contributed by atoms with Gasteiger partial charge in [-0.15, -0.1) is 0 Å². The first-order valence-corrected chi connectivity index (χ1v) is 6.32. The molecule has 1 aromatic rings. The molecule has 2 atom stereocenters. The SMILES string of the molecule is Cc1noc(C(C)C)c1C(=O)NC1CC1(C)C(F)F. The highest BCUT2D eigenvalue weighted by molar-refractivity contribution is 5.96. The summed E-state index contributed by atoms with van der Waals surface area (Å²) < 4.78 is 30.6. The zero-order valence-corrected chi connectivity index (χ0v) is 11.5. The number of rotatable bonds is 4. The van der Waals surface area contributed by atoms with Crippen LogP contribution in [0.1, 0.15) is 54.9 Å². The molecule has 0 aliphatic heterocycles. The van der Waals surface area contributed by atoms with E-state index >= 15 is 0 Å². The zero-order chi connectivity index (χ0) is 14.4. The number of carbonyl (C=O) groups is 1. The van der Waals surface area contributed by atoms with Gasteiger partial charge in [-0.1, -0.05) is 25.9 Å². The summed E-state index contributed by atoms with van der Waals surface area (Å²) in [5, 5.41) is 6.42.